The Hall–Kier alpha value is -4.30. The fourth-order valence-electron chi connectivity index (χ4n) is 4.14. The first-order valence-electron chi connectivity index (χ1n) is 12.4. The van der Waals surface area contributed by atoms with Gasteiger partial charge in [-0.2, -0.15) is 9.78 Å². The molecule has 1 heterocycles. The second-order valence-electron chi connectivity index (χ2n) is 9.03. The molecule has 4 aromatic rings. The number of anilines is 1. The van der Waals surface area contributed by atoms with Crippen LogP contribution >= 0.6 is 11.6 Å². The molecule has 38 heavy (non-hydrogen) atoms. The molecule has 2 amide bonds. The maximum atomic E-state index is 13.1. The topological polar surface area (TPSA) is 105 Å². The van der Waals surface area contributed by atoms with E-state index >= 15 is 0 Å². The van der Waals surface area contributed by atoms with Crippen molar-refractivity contribution in [3.8, 4) is 22.8 Å². The van der Waals surface area contributed by atoms with Gasteiger partial charge in [0.15, 0.2) is 0 Å². The number of ether oxygens (including phenoxy) is 1. The van der Waals surface area contributed by atoms with Crippen LogP contribution < -0.4 is 15.4 Å². The highest BCUT2D eigenvalue weighted by Gasteiger charge is 2.31. The first-order valence-corrected chi connectivity index (χ1v) is 12.8. The maximum Gasteiger partial charge on any atom is 0.342 e. The minimum atomic E-state index is -0.377. The summed E-state index contributed by atoms with van der Waals surface area (Å²) < 4.78 is 6.78. The SMILES string of the molecule is CCOc1ccc(C(=O)Nc2ccc(O)c(-c3cc(C4CC4)n(C(=O)NCc4ccccc4Cl)n3)c2)cc1. The molecule has 3 N–H and O–H groups in total. The first kappa shape index (κ1) is 25.4. The molecule has 0 bridgehead atoms. The van der Waals surface area contributed by atoms with Crippen LogP contribution in [0.15, 0.2) is 72.8 Å². The van der Waals surface area contributed by atoms with E-state index in [0.29, 0.717) is 39.9 Å². The number of aromatic nitrogens is 2. The normalized spacial score (nSPS) is 12.7. The smallest absolute Gasteiger partial charge is 0.342 e. The Bertz CT molecular complexity index is 1480. The quantitative estimate of drug-likeness (QED) is 0.235. The van der Waals surface area contributed by atoms with E-state index in [0.717, 1.165) is 24.1 Å². The number of phenolic OH excluding ortho intramolecular Hbond substituents is 1. The lowest BCUT2D eigenvalue weighted by molar-refractivity contribution is 0.102. The largest absolute Gasteiger partial charge is 0.507 e. The van der Waals surface area contributed by atoms with Crippen LogP contribution in [0, 0.1) is 0 Å². The van der Waals surface area contributed by atoms with Gasteiger partial charge in [-0.1, -0.05) is 29.8 Å². The average Bonchev–Trinajstić information content (AvgIpc) is 3.67. The van der Waals surface area contributed by atoms with E-state index in [1.165, 1.54) is 10.7 Å². The summed E-state index contributed by atoms with van der Waals surface area (Å²) in [5.74, 6) is 0.612. The Morgan fingerprint density at radius 3 is 2.55 bits per heavy atom. The standard InChI is InChI=1S/C29H27ClN4O4/c1-2-38-22-12-9-19(10-13-22)28(36)32-21-11-14-27(35)23(15-21)25-16-26(18-7-8-18)34(33-25)29(37)31-17-20-5-3-4-6-24(20)30/h3-6,9-16,18,35H,2,7-8,17H2,1H3,(H,31,37)(H,32,36). The molecule has 0 spiro atoms. The minimum Gasteiger partial charge on any atom is -0.507 e. The van der Waals surface area contributed by atoms with Gasteiger partial charge in [0.05, 0.1) is 18.0 Å². The Balaban J connectivity index is 1.36. The molecule has 9 heteroatoms. The molecule has 3 aromatic carbocycles. The van der Waals surface area contributed by atoms with Gasteiger partial charge >= 0.3 is 6.03 Å². The predicted molar refractivity (Wildman–Crippen MR) is 146 cm³/mol. The maximum absolute atomic E-state index is 13.1. The van der Waals surface area contributed by atoms with Gasteiger partial charge in [0.25, 0.3) is 5.91 Å². The number of halogens is 1. The van der Waals surface area contributed by atoms with Crippen LogP contribution in [0.4, 0.5) is 10.5 Å². The molecule has 0 radical (unpaired) electrons. The Morgan fingerprint density at radius 1 is 1.08 bits per heavy atom. The molecule has 8 nitrogen and oxygen atoms in total. The number of nitrogens with one attached hydrogen (secondary N) is 2. The Labute approximate surface area is 225 Å². The first-order chi connectivity index (χ1) is 18.4. The van der Waals surface area contributed by atoms with Crippen LogP contribution in [0.3, 0.4) is 0 Å². The summed E-state index contributed by atoms with van der Waals surface area (Å²) in [5.41, 5.74) is 3.39. The fraction of sp³-hybridized carbons (Fsp3) is 0.207. The van der Waals surface area contributed by atoms with Crippen molar-refractivity contribution in [3.05, 3.63) is 94.6 Å². The molecular weight excluding hydrogens is 504 g/mol. The molecule has 0 saturated heterocycles. The molecule has 1 saturated carbocycles. The van der Waals surface area contributed by atoms with Crippen LogP contribution in [0.1, 0.15) is 47.3 Å². The van der Waals surface area contributed by atoms with Crippen molar-refractivity contribution in [2.24, 2.45) is 0 Å². The number of carbonyl (C=O) groups excluding carboxylic acids is 2. The lowest BCUT2D eigenvalue weighted by atomic mass is 10.1. The Morgan fingerprint density at radius 2 is 1.84 bits per heavy atom. The summed E-state index contributed by atoms with van der Waals surface area (Å²) in [6, 6.07) is 20.4. The highest BCUT2D eigenvalue weighted by Crippen LogP contribution is 2.42. The number of hydrogen-bond donors (Lipinski definition) is 3. The summed E-state index contributed by atoms with van der Waals surface area (Å²) in [6.07, 6.45) is 1.93. The lowest BCUT2D eigenvalue weighted by Gasteiger charge is -2.10. The molecule has 0 atom stereocenters. The highest BCUT2D eigenvalue weighted by atomic mass is 35.5. The third-order valence-corrected chi connectivity index (χ3v) is 6.64. The van der Waals surface area contributed by atoms with Gasteiger partial charge in [-0.05, 0) is 79.9 Å². The van der Waals surface area contributed by atoms with Gasteiger partial charge in [0.1, 0.15) is 11.5 Å². The molecule has 194 valence electrons. The van der Waals surface area contributed by atoms with Gasteiger partial charge < -0.3 is 20.5 Å². The van der Waals surface area contributed by atoms with E-state index in [9.17, 15) is 14.7 Å². The summed E-state index contributed by atoms with van der Waals surface area (Å²) in [7, 11) is 0. The summed E-state index contributed by atoms with van der Waals surface area (Å²) >= 11 is 6.22. The number of benzene rings is 3. The van der Waals surface area contributed by atoms with Crippen LogP contribution in [-0.2, 0) is 6.54 Å². The van der Waals surface area contributed by atoms with Crippen molar-refractivity contribution in [2.75, 3.05) is 11.9 Å². The number of aromatic hydroxyl groups is 1. The number of hydrogen-bond acceptors (Lipinski definition) is 5. The van der Waals surface area contributed by atoms with Crippen molar-refractivity contribution in [3.63, 3.8) is 0 Å². The van der Waals surface area contributed by atoms with E-state index in [1.54, 1.807) is 42.5 Å². The third kappa shape index (κ3) is 5.65. The number of nitrogens with zero attached hydrogens (tertiary/aromatic N) is 2. The van der Waals surface area contributed by atoms with E-state index in [1.807, 2.05) is 31.2 Å². The van der Waals surface area contributed by atoms with Crippen molar-refractivity contribution in [2.45, 2.75) is 32.2 Å². The van der Waals surface area contributed by atoms with Crippen molar-refractivity contribution in [1.82, 2.24) is 15.1 Å². The second-order valence-corrected chi connectivity index (χ2v) is 9.44. The van der Waals surface area contributed by atoms with Gasteiger partial charge in [0.2, 0.25) is 0 Å². The van der Waals surface area contributed by atoms with E-state index in [2.05, 4.69) is 15.7 Å². The number of amides is 2. The van der Waals surface area contributed by atoms with E-state index in [-0.39, 0.29) is 30.2 Å². The Kier molecular flexibility index (Phi) is 7.33. The molecular formula is C29H27ClN4O4. The molecule has 0 unspecified atom stereocenters. The molecule has 1 aliphatic carbocycles. The molecule has 1 aliphatic rings. The fourth-order valence-corrected chi connectivity index (χ4v) is 4.34. The predicted octanol–water partition coefficient (Wildman–Crippen LogP) is 6.20. The molecule has 1 fully saturated rings. The molecule has 5 rings (SSSR count). The summed E-state index contributed by atoms with van der Waals surface area (Å²) in [6.45, 7) is 2.70. The number of phenols is 1. The molecule has 0 aliphatic heterocycles. The zero-order valence-corrected chi connectivity index (χ0v) is 21.5. The average molecular weight is 531 g/mol. The van der Waals surface area contributed by atoms with Gasteiger partial charge in [-0.3, -0.25) is 4.79 Å². The summed E-state index contributed by atoms with van der Waals surface area (Å²) in [4.78, 5) is 25.8. The van der Waals surface area contributed by atoms with Gasteiger partial charge in [-0.15, -0.1) is 0 Å². The highest BCUT2D eigenvalue weighted by molar-refractivity contribution is 6.31. The van der Waals surface area contributed by atoms with Crippen molar-refractivity contribution in [1.29, 1.82) is 0 Å². The van der Waals surface area contributed by atoms with Crippen LogP contribution in [0.2, 0.25) is 5.02 Å². The number of carbonyl (C=O) groups is 2. The van der Waals surface area contributed by atoms with Crippen LogP contribution in [-0.4, -0.2) is 33.4 Å². The van der Waals surface area contributed by atoms with Crippen molar-refractivity contribution >= 4 is 29.2 Å². The monoisotopic (exact) mass is 530 g/mol. The lowest BCUT2D eigenvalue weighted by Crippen LogP contribution is -2.30. The van der Waals surface area contributed by atoms with E-state index in [4.69, 9.17) is 16.3 Å². The van der Waals surface area contributed by atoms with Gasteiger partial charge in [0, 0.05) is 34.3 Å². The van der Waals surface area contributed by atoms with Crippen LogP contribution in [0.5, 0.6) is 11.5 Å². The van der Waals surface area contributed by atoms with Gasteiger partial charge in [-0.25, -0.2) is 4.79 Å². The molecule has 1 aromatic heterocycles. The number of rotatable bonds is 8. The second kappa shape index (κ2) is 11.0. The van der Waals surface area contributed by atoms with Crippen LogP contribution in [0.25, 0.3) is 11.3 Å². The third-order valence-electron chi connectivity index (χ3n) is 6.27. The van der Waals surface area contributed by atoms with Crippen molar-refractivity contribution < 1.29 is 19.4 Å². The minimum absolute atomic E-state index is 0.00691. The summed E-state index contributed by atoms with van der Waals surface area (Å²) in [5, 5.41) is 21.4. The zero-order valence-electron chi connectivity index (χ0n) is 20.8. The van der Waals surface area contributed by atoms with E-state index < -0.39 is 0 Å². The zero-order chi connectivity index (χ0) is 26.6.